The van der Waals surface area contributed by atoms with Crippen LogP contribution in [0.3, 0.4) is 0 Å². The number of alkyl halides is 4. The average Bonchev–Trinajstić information content (AvgIpc) is 2.86. The van der Waals surface area contributed by atoms with Gasteiger partial charge in [-0.15, -0.1) is 11.6 Å². The van der Waals surface area contributed by atoms with Crippen molar-refractivity contribution < 1.29 is 21.6 Å². The number of sulfone groups is 1. The van der Waals surface area contributed by atoms with Crippen LogP contribution in [0.25, 0.3) is 0 Å². The first-order valence-electron chi connectivity index (χ1n) is 5.98. The maximum atomic E-state index is 12.7. The standard InChI is InChI=1S/C12H13ClF3NO2S/c13-7-9-5-6-17(8-9)10-3-1-2-4-11(10)20(18,19)12(14,15)16/h1-4,9H,5-8H2. The highest BCUT2D eigenvalue weighted by molar-refractivity contribution is 7.92. The molecule has 0 saturated carbocycles. The Morgan fingerprint density at radius 2 is 1.95 bits per heavy atom. The van der Waals surface area contributed by atoms with Gasteiger partial charge in [0.05, 0.1) is 10.6 Å². The van der Waals surface area contributed by atoms with Gasteiger partial charge in [0.15, 0.2) is 0 Å². The highest BCUT2D eigenvalue weighted by Gasteiger charge is 2.48. The third-order valence-electron chi connectivity index (χ3n) is 3.30. The quantitative estimate of drug-likeness (QED) is 0.801. The van der Waals surface area contributed by atoms with Gasteiger partial charge in [-0.2, -0.15) is 13.2 Å². The molecule has 1 unspecified atom stereocenters. The third-order valence-corrected chi connectivity index (χ3v) is 5.27. The Morgan fingerprint density at radius 1 is 1.30 bits per heavy atom. The van der Waals surface area contributed by atoms with E-state index in [0.717, 1.165) is 12.5 Å². The third kappa shape index (κ3) is 2.74. The van der Waals surface area contributed by atoms with Crippen LogP contribution in [0.5, 0.6) is 0 Å². The van der Waals surface area contributed by atoms with E-state index in [1.165, 1.54) is 18.2 Å². The van der Waals surface area contributed by atoms with Crippen LogP contribution in [-0.4, -0.2) is 32.9 Å². The summed E-state index contributed by atoms with van der Waals surface area (Å²) in [6.07, 6.45) is 0.740. The molecule has 0 bridgehead atoms. The number of benzene rings is 1. The average molecular weight is 328 g/mol. The van der Waals surface area contributed by atoms with Crippen molar-refractivity contribution >= 4 is 27.1 Å². The zero-order valence-corrected chi connectivity index (χ0v) is 12.0. The lowest BCUT2D eigenvalue weighted by Crippen LogP contribution is -2.27. The van der Waals surface area contributed by atoms with Crippen LogP contribution in [0.1, 0.15) is 6.42 Å². The first kappa shape index (κ1) is 15.4. The summed E-state index contributed by atoms with van der Waals surface area (Å²) >= 11 is 5.74. The van der Waals surface area contributed by atoms with Crippen molar-refractivity contribution in [3.8, 4) is 0 Å². The van der Waals surface area contributed by atoms with Crippen molar-refractivity contribution in [2.75, 3.05) is 23.9 Å². The van der Waals surface area contributed by atoms with Crippen LogP contribution >= 0.6 is 11.6 Å². The molecule has 0 spiro atoms. The molecule has 112 valence electrons. The maximum absolute atomic E-state index is 12.7. The molecule has 0 N–H and O–H groups in total. The number of nitrogens with zero attached hydrogens (tertiary/aromatic N) is 1. The summed E-state index contributed by atoms with van der Waals surface area (Å²) in [6.45, 7) is 0.968. The van der Waals surface area contributed by atoms with Gasteiger partial charge in [0, 0.05) is 19.0 Å². The normalized spacial score (nSPS) is 20.4. The van der Waals surface area contributed by atoms with Gasteiger partial charge < -0.3 is 4.90 Å². The second-order valence-electron chi connectivity index (χ2n) is 4.67. The molecule has 1 aromatic rings. The molecule has 0 aliphatic carbocycles. The van der Waals surface area contributed by atoms with Crippen molar-refractivity contribution in [1.82, 2.24) is 0 Å². The smallest absolute Gasteiger partial charge is 0.370 e. The molecule has 1 aliphatic rings. The lowest BCUT2D eigenvalue weighted by Gasteiger charge is -2.22. The van der Waals surface area contributed by atoms with Crippen LogP contribution in [0.4, 0.5) is 18.9 Å². The minimum absolute atomic E-state index is 0.0949. The van der Waals surface area contributed by atoms with Crippen molar-refractivity contribution in [3.05, 3.63) is 24.3 Å². The van der Waals surface area contributed by atoms with Gasteiger partial charge in [-0.1, -0.05) is 12.1 Å². The Hall–Kier alpha value is -0.950. The number of rotatable bonds is 3. The summed E-state index contributed by atoms with van der Waals surface area (Å²) < 4.78 is 61.3. The highest BCUT2D eigenvalue weighted by atomic mass is 35.5. The summed E-state index contributed by atoms with van der Waals surface area (Å²) in [5, 5.41) is 0. The molecule has 8 heteroatoms. The molecule has 0 aromatic heterocycles. The van der Waals surface area contributed by atoms with Gasteiger partial charge in [-0.3, -0.25) is 0 Å². The van der Waals surface area contributed by atoms with Crippen LogP contribution in [0.15, 0.2) is 29.2 Å². The van der Waals surface area contributed by atoms with Gasteiger partial charge in [-0.05, 0) is 24.5 Å². The number of hydrogen-bond donors (Lipinski definition) is 0. The molecule has 0 radical (unpaired) electrons. The van der Waals surface area contributed by atoms with E-state index < -0.39 is 20.2 Å². The summed E-state index contributed by atoms with van der Waals surface area (Å²) in [6, 6.07) is 5.21. The Labute approximate surface area is 120 Å². The van der Waals surface area contributed by atoms with Gasteiger partial charge >= 0.3 is 5.51 Å². The Kier molecular flexibility index (Phi) is 4.20. The summed E-state index contributed by atoms with van der Waals surface area (Å²) in [7, 11) is -5.34. The predicted octanol–water partition coefficient (Wildman–Crippen LogP) is 3.05. The van der Waals surface area contributed by atoms with E-state index in [-0.39, 0.29) is 11.6 Å². The zero-order chi connectivity index (χ0) is 15.0. The molecule has 3 nitrogen and oxygen atoms in total. The van der Waals surface area contributed by atoms with Crippen molar-refractivity contribution in [2.24, 2.45) is 5.92 Å². The molecule has 1 saturated heterocycles. The van der Waals surface area contributed by atoms with E-state index in [4.69, 9.17) is 11.6 Å². The lowest BCUT2D eigenvalue weighted by atomic mass is 10.2. The number of anilines is 1. The molecule has 1 atom stereocenters. The van der Waals surface area contributed by atoms with Gasteiger partial charge in [-0.25, -0.2) is 8.42 Å². The molecule has 1 aromatic carbocycles. The van der Waals surface area contributed by atoms with Crippen molar-refractivity contribution in [2.45, 2.75) is 16.8 Å². The van der Waals surface area contributed by atoms with Crippen LogP contribution < -0.4 is 4.90 Å². The lowest BCUT2D eigenvalue weighted by molar-refractivity contribution is -0.0435. The predicted molar refractivity (Wildman–Crippen MR) is 70.7 cm³/mol. The number of halogens is 4. The van der Waals surface area contributed by atoms with E-state index in [2.05, 4.69) is 0 Å². The van der Waals surface area contributed by atoms with Crippen LogP contribution in [0, 0.1) is 5.92 Å². The fourth-order valence-electron chi connectivity index (χ4n) is 2.25. The topological polar surface area (TPSA) is 37.4 Å². The first-order valence-corrected chi connectivity index (χ1v) is 8.00. The van der Waals surface area contributed by atoms with E-state index in [1.54, 1.807) is 4.90 Å². The highest BCUT2D eigenvalue weighted by Crippen LogP contribution is 2.37. The molecule has 1 aliphatic heterocycles. The molecular weight excluding hydrogens is 315 g/mol. The van der Waals surface area contributed by atoms with Crippen molar-refractivity contribution in [1.29, 1.82) is 0 Å². The molecular formula is C12H13ClF3NO2S. The SMILES string of the molecule is O=S(=O)(c1ccccc1N1CCC(CCl)C1)C(F)(F)F. The molecule has 2 rings (SSSR count). The summed E-state index contributed by atoms with van der Waals surface area (Å²) in [5.41, 5.74) is -5.20. The Bertz CT molecular complexity index is 589. The number of para-hydroxylation sites is 1. The fraction of sp³-hybridized carbons (Fsp3) is 0.500. The first-order chi connectivity index (χ1) is 9.27. The summed E-state index contributed by atoms with van der Waals surface area (Å²) in [4.78, 5) is 0.953. The maximum Gasteiger partial charge on any atom is 0.501 e. The van der Waals surface area contributed by atoms with Gasteiger partial charge in [0.2, 0.25) is 0 Å². The molecule has 0 amide bonds. The monoisotopic (exact) mass is 327 g/mol. The van der Waals surface area contributed by atoms with E-state index >= 15 is 0 Å². The van der Waals surface area contributed by atoms with E-state index in [1.807, 2.05) is 0 Å². The largest absolute Gasteiger partial charge is 0.501 e. The molecule has 1 fully saturated rings. The Morgan fingerprint density at radius 3 is 2.50 bits per heavy atom. The minimum atomic E-state index is -5.34. The molecule has 1 heterocycles. The van der Waals surface area contributed by atoms with Gasteiger partial charge in [0.1, 0.15) is 0 Å². The van der Waals surface area contributed by atoms with Crippen molar-refractivity contribution in [3.63, 3.8) is 0 Å². The van der Waals surface area contributed by atoms with Crippen LogP contribution in [0.2, 0.25) is 0 Å². The molecule has 20 heavy (non-hydrogen) atoms. The fourth-order valence-corrected chi connectivity index (χ4v) is 3.48. The van der Waals surface area contributed by atoms with Gasteiger partial charge in [0.25, 0.3) is 9.84 Å². The number of hydrogen-bond acceptors (Lipinski definition) is 3. The second kappa shape index (κ2) is 5.44. The van der Waals surface area contributed by atoms with E-state index in [9.17, 15) is 21.6 Å². The van der Waals surface area contributed by atoms with Crippen LogP contribution in [-0.2, 0) is 9.84 Å². The second-order valence-corrected chi connectivity index (χ2v) is 6.89. The van der Waals surface area contributed by atoms with E-state index in [0.29, 0.717) is 19.0 Å². The Balaban J connectivity index is 2.43. The minimum Gasteiger partial charge on any atom is -0.370 e. The summed E-state index contributed by atoms with van der Waals surface area (Å²) in [5.74, 6) is 0.573. The zero-order valence-electron chi connectivity index (χ0n) is 10.4.